The Bertz CT molecular complexity index is 2910. The van der Waals surface area contributed by atoms with Crippen LogP contribution in [0.1, 0.15) is 0 Å². The predicted molar refractivity (Wildman–Crippen MR) is 200 cm³/mol. The van der Waals surface area contributed by atoms with Crippen LogP contribution in [0.15, 0.2) is 164 Å². The Balaban J connectivity index is 1.16. The first-order valence-electron chi connectivity index (χ1n) is 16.5. The highest BCUT2D eigenvalue weighted by Crippen LogP contribution is 2.48. The van der Waals surface area contributed by atoms with Crippen molar-refractivity contribution in [2.24, 2.45) is 0 Å². The van der Waals surface area contributed by atoms with Crippen LogP contribution in [0.5, 0.6) is 0 Å². The molecule has 222 valence electrons. The Hall–Kier alpha value is -6.45. The van der Waals surface area contributed by atoms with Gasteiger partial charge in [0, 0.05) is 38.8 Å². The van der Waals surface area contributed by atoms with Crippen LogP contribution in [0.4, 0.5) is 0 Å². The van der Waals surface area contributed by atoms with Crippen molar-refractivity contribution < 1.29 is 0 Å². The first-order valence-corrected chi connectivity index (χ1v) is 16.5. The number of hydrogen-bond donors (Lipinski definition) is 0. The maximum atomic E-state index is 5.04. The fraction of sp³-hybridized carbons (Fsp3) is 0. The molecule has 0 unspecified atom stereocenters. The van der Waals surface area contributed by atoms with Crippen LogP contribution in [-0.2, 0) is 0 Å². The second kappa shape index (κ2) is 9.54. The highest BCUT2D eigenvalue weighted by Gasteiger charge is 2.24. The monoisotopic (exact) mass is 609 g/mol. The van der Waals surface area contributed by atoms with Crippen molar-refractivity contribution in [2.45, 2.75) is 0 Å². The lowest BCUT2D eigenvalue weighted by atomic mass is 10.0. The van der Waals surface area contributed by atoms with Gasteiger partial charge in [0.25, 0.3) is 0 Å². The van der Waals surface area contributed by atoms with Gasteiger partial charge in [0.2, 0.25) is 0 Å². The molecule has 3 heterocycles. The molecule has 0 atom stereocenters. The lowest BCUT2D eigenvalue weighted by molar-refractivity contribution is 1.18. The summed E-state index contributed by atoms with van der Waals surface area (Å²) in [6, 6.07) is 57.4. The van der Waals surface area contributed by atoms with Crippen molar-refractivity contribution in [1.82, 2.24) is 14.1 Å². The van der Waals surface area contributed by atoms with E-state index in [1.807, 2.05) is 6.20 Å². The predicted octanol–water partition coefficient (Wildman–Crippen LogP) is 11.7. The van der Waals surface area contributed by atoms with E-state index in [0.29, 0.717) is 0 Å². The molecule has 0 amide bonds. The fourth-order valence-electron chi connectivity index (χ4n) is 8.25. The molecule has 0 spiro atoms. The van der Waals surface area contributed by atoms with Crippen molar-refractivity contribution in [3.05, 3.63) is 164 Å². The van der Waals surface area contributed by atoms with E-state index < -0.39 is 0 Å². The van der Waals surface area contributed by atoms with E-state index >= 15 is 0 Å². The van der Waals surface area contributed by atoms with Gasteiger partial charge in [0.1, 0.15) is 0 Å². The quantitative estimate of drug-likeness (QED) is 0.195. The standard InChI is InChI=1S/C45H27N3/c1-2-10-30(11-3-1)47-39-16-8-7-15-34(39)38-26-28(19-22-41(38)47)29-18-20-35-33-14-6-9-17-40(33)48(43(35)27-29)42-23-21-36-31-12-4-5-13-32(31)37-24-25-46-45(42)44(36)37/h1-27H. The van der Waals surface area contributed by atoms with Crippen molar-refractivity contribution in [3.63, 3.8) is 0 Å². The Morgan fingerprint density at radius 1 is 0.375 bits per heavy atom. The molecular weight excluding hydrogens is 583 g/mol. The first-order chi connectivity index (χ1) is 23.8. The molecular formula is C45H27N3. The lowest BCUT2D eigenvalue weighted by Crippen LogP contribution is -1.97. The van der Waals surface area contributed by atoms with Crippen LogP contribution in [0.25, 0.3) is 99.3 Å². The highest BCUT2D eigenvalue weighted by molar-refractivity contribution is 6.18. The molecule has 3 aromatic heterocycles. The number of para-hydroxylation sites is 3. The molecule has 0 saturated carbocycles. The Morgan fingerprint density at radius 3 is 1.79 bits per heavy atom. The van der Waals surface area contributed by atoms with Gasteiger partial charge in [0.05, 0.1) is 33.3 Å². The van der Waals surface area contributed by atoms with Gasteiger partial charge in [-0.1, -0.05) is 103 Å². The van der Waals surface area contributed by atoms with Crippen molar-refractivity contribution in [2.75, 3.05) is 0 Å². The van der Waals surface area contributed by atoms with Gasteiger partial charge in [0.15, 0.2) is 0 Å². The zero-order chi connectivity index (χ0) is 31.3. The number of hydrogen-bond acceptors (Lipinski definition) is 1. The number of aromatic nitrogens is 3. The molecule has 0 bridgehead atoms. The van der Waals surface area contributed by atoms with Gasteiger partial charge in [-0.05, 0) is 88.0 Å². The van der Waals surface area contributed by atoms with Crippen LogP contribution in [-0.4, -0.2) is 14.1 Å². The molecule has 1 aliphatic carbocycles. The summed E-state index contributed by atoms with van der Waals surface area (Å²) in [6.45, 7) is 0. The molecule has 3 heteroatoms. The summed E-state index contributed by atoms with van der Waals surface area (Å²) in [5, 5.41) is 6.23. The molecule has 0 fully saturated rings. The molecule has 0 radical (unpaired) electrons. The lowest BCUT2D eigenvalue weighted by Gasteiger charge is -2.13. The summed E-state index contributed by atoms with van der Waals surface area (Å²) in [5.41, 5.74) is 15.6. The Labute approximate surface area is 276 Å². The summed E-state index contributed by atoms with van der Waals surface area (Å²) in [7, 11) is 0. The largest absolute Gasteiger partial charge is 0.309 e. The van der Waals surface area contributed by atoms with Crippen LogP contribution in [0.3, 0.4) is 0 Å². The maximum absolute atomic E-state index is 5.04. The van der Waals surface area contributed by atoms with Gasteiger partial charge >= 0.3 is 0 Å². The zero-order valence-corrected chi connectivity index (χ0v) is 25.9. The molecule has 0 N–H and O–H groups in total. The van der Waals surface area contributed by atoms with Gasteiger partial charge in [-0.2, -0.15) is 0 Å². The smallest absolute Gasteiger partial charge is 0.0954 e. The number of nitrogens with zero attached hydrogens (tertiary/aromatic N) is 3. The number of benzene rings is 7. The molecule has 0 saturated heterocycles. The molecule has 11 rings (SSSR count). The number of fused-ring (bicyclic) bond motifs is 9. The van der Waals surface area contributed by atoms with Crippen molar-refractivity contribution in [3.8, 4) is 44.8 Å². The molecule has 1 aliphatic rings. The third kappa shape index (κ3) is 3.40. The summed E-state index contributed by atoms with van der Waals surface area (Å²) in [6.07, 6.45) is 1.97. The molecule has 0 aliphatic heterocycles. The maximum Gasteiger partial charge on any atom is 0.0954 e. The van der Waals surface area contributed by atoms with E-state index in [4.69, 9.17) is 4.98 Å². The van der Waals surface area contributed by atoms with Crippen molar-refractivity contribution in [1.29, 1.82) is 0 Å². The van der Waals surface area contributed by atoms with Gasteiger partial charge in [-0.15, -0.1) is 0 Å². The van der Waals surface area contributed by atoms with Gasteiger partial charge in [-0.25, -0.2) is 0 Å². The Morgan fingerprint density at radius 2 is 0.979 bits per heavy atom. The normalized spacial score (nSPS) is 12.2. The van der Waals surface area contributed by atoms with Crippen LogP contribution in [0.2, 0.25) is 0 Å². The minimum Gasteiger partial charge on any atom is -0.309 e. The van der Waals surface area contributed by atoms with E-state index in [1.165, 1.54) is 88.1 Å². The van der Waals surface area contributed by atoms with Gasteiger partial charge < -0.3 is 9.13 Å². The van der Waals surface area contributed by atoms with E-state index in [2.05, 4.69) is 167 Å². The second-order valence-corrected chi connectivity index (χ2v) is 12.8. The van der Waals surface area contributed by atoms with Crippen LogP contribution >= 0.6 is 0 Å². The highest BCUT2D eigenvalue weighted by atomic mass is 15.0. The van der Waals surface area contributed by atoms with Crippen LogP contribution in [0, 0.1) is 0 Å². The molecule has 7 aromatic carbocycles. The average molecular weight is 610 g/mol. The SMILES string of the molecule is c1ccc(-n2c3ccccc3c3cc(-c4ccc5c6ccccc6n(-c6ccc7c8c(ccnc68)-c6ccccc6-7)c5c4)ccc32)cc1. The molecule has 48 heavy (non-hydrogen) atoms. The number of pyridine rings is 1. The second-order valence-electron chi connectivity index (χ2n) is 12.8. The van der Waals surface area contributed by atoms with E-state index in [9.17, 15) is 0 Å². The van der Waals surface area contributed by atoms with E-state index in [0.717, 1.165) is 11.2 Å². The summed E-state index contributed by atoms with van der Waals surface area (Å²) in [5.74, 6) is 0. The third-order valence-corrected chi connectivity index (χ3v) is 10.3. The average Bonchev–Trinajstić information content (AvgIpc) is 3.78. The summed E-state index contributed by atoms with van der Waals surface area (Å²) < 4.78 is 4.79. The van der Waals surface area contributed by atoms with Crippen LogP contribution < -0.4 is 0 Å². The van der Waals surface area contributed by atoms with E-state index in [-0.39, 0.29) is 0 Å². The number of rotatable bonds is 3. The van der Waals surface area contributed by atoms with E-state index in [1.54, 1.807) is 0 Å². The zero-order valence-electron chi connectivity index (χ0n) is 25.9. The first kappa shape index (κ1) is 25.7. The van der Waals surface area contributed by atoms with Crippen molar-refractivity contribution >= 4 is 54.5 Å². The molecule has 3 nitrogen and oxygen atoms in total. The third-order valence-electron chi connectivity index (χ3n) is 10.3. The minimum atomic E-state index is 1.03. The fourth-order valence-corrected chi connectivity index (χ4v) is 8.25. The topological polar surface area (TPSA) is 22.8 Å². The molecule has 10 aromatic rings. The van der Waals surface area contributed by atoms with Gasteiger partial charge in [-0.3, -0.25) is 4.98 Å². The Kier molecular flexibility index (Phi) is 5.11. The minimum absolute atomic E-state index is 1.03. The summed E-state index contributed by atoms with van der Waals surface area (Å²) in [4.78, 5) is 5.04. The summed E-state index contributed by atoms with van der Waals surface area (Å²) >= 11 is 0.